The molecule has 0 aliphatic carbocycles. The van der Waals surface area contributed by atoms with Crippen LogP contribution in [0.4, 0.5) is 10.5 Å². The third-order valence-electron chi connectivity index (χ3n) is 5.51. The predicted octanol–water partition coefficient (Wildman–Crippen LogP) is 3.03. The third-order valence-corrected chi connectivity index (χ3v) is 9.01. The fraction of sp³-hybridized carbons (Fsp3) is 0.400. The molecule has 3 heterocycles. The first kappa shape index (κ1) is 21.1. The van der Waals surface area contributed by atoms with Gasteiger partial charge in [0, 0.05) is 41.8 Å². The Kier molecular flexibility index (Phi) is 6.04. The highest BCUT2D eigenvalue weighted by atomic mass is 35.5. The Hall–Kier alpha value is -2.10. The number of carbonyl (C=O) groups excluding carboxylic acids is 2. The molecule has 10 heteroatoms. The highest BCUT2D eigenvalue weighted by Crippen LogP contribution is 2.32. The van der Waals surface area contributed by atoms with E-state index in [9.17, 15) is 18.0 Å². The van der Waals surface area contributed by atoms with Crippen molar-refractivity contribution in [2.75, 3.05) is 43.4 Å². The Bertz CT molecular complexity index is 1020. The minimum absolute atomic E-state index is 0.0490. The molecule has 2 fully saturated rings. The summed E-state index contributed by atoms with van der Waals surface area (Å²) in [5.74, 6) is -0.282. The highest BCUT2D eigenvalue weighted by Gasteiger charge is 2.35. The summed E-state index contributed by atoms with van der Waals surface area (Å²) in [4.78, 5) is 31.1. The van der Waals surface area contributed by atoms with Crippen molar-refractivity contribution in [1.82, 2.24) is 9.80 Å². The number of thiophene rings is 1. The molecule has 0 radical (unpaired) electrons. The van der Waals surface area contributed by atoms with Crippen LogP contribution in [0.25, 0.3) is 0 Å². The number of hydrogen-bond acceptors (Lipinski definition) is 5. The van der Waals surface area contributed by atoms with Crippen LogP contribution in [-0.4, -0.2) is 68.6 Å². The smallest absolute Gasteiger partial charge is 0.325 e. The first-order chi connectivity index (χ1) is 14.3. The van der Waals surface area contributed by atoms with Crippen molar-refractivity contribution in [2.45, 2.75) is 11.7 Å². The van der Waals surface area contributed by atoms with Crippen LogP contribution in [0.3, 0.4) is 0 Å². The number of halogens is 1. The fourth-order valence-electron chi connectivity index (χ4n) is 3.84. The van der Waals surface area contributed by atoms with Gasteiger partial charge in [-0.2, -0.15) is 0 Å². The van der Waals surface area contributed by atoms with E-state index in [2.05, 4.69) is 0 Å². The third kappa shape index (κ3) is 4.33. The molecule has 1 aromatic carbocycles. The monoisotopic (exact) mass is 467 g/mol. The number of hydrogen-bond donors (Lipinski definition) is 0. The van der Waals surface area contributed by atoms with Crippen LogP contribution in [0.15, 0.2) is 41.8 Å². The van der Waals surface area contributed by atoms with Crippen LogP contribution < -0.4 is 4.90 Å². The Morgan fingerprint density at radius 2 is 1.87 bits per heavy atom. The van der Waals surface area contributed by atoms with E-state index in [1.165, 1.54) is 16.2 Å². The number of carbonyl (C=O) groups is 2. The Morgan fingerprint density at radius 3 is 2.57 bits per heavy atom. The molecule has 3 amide bonds. The van der Waals surface area contributed by atoms with Crippen molar-refractivity contribution >= 4 is 50.4 Å². The van der Waals surface area contributed by atoms with Gasteiger partial charge >= 0.3 is 6.03 Å². The van der Waals surface area contributed by atoms with Crippen LogP contribution in [0.1, 0.15) is 16.5 Å². The zero-order valence-corrected chi connectivity index (χ0v) is 18.6. The molecule has 160 valence electrons. The summed E-state index contributed by atoms with van der Waals surface area (Å²) in [7, 11) is -3.32. The molecule has 0 bridgehead atoms. The van der Waals surface area contributed by atoms with Crippen LogP contribution in [-0.2, 0) is 14.6 Å². The van der Waals surface area contributed by atoms with Gasteiger partial charge in [0.1, 0.15) is 6.54 Å². The van der Waals surface area contributed by atoms with Gasteiger partial charge in [-0.05, 0) is 42.1 Å². The molecule has 30 heavy (non-hydrogen) atoms. The molecular formula is C20H22ClN3O4S2. The molecule has 4 rings (SSSR count). The van der Waals surface area contributed by atoms with Gasteiger partial charge in [-0.3, -0.25) is 9.69 Å². The van der Waals surface area contributed by atoms with Crippen LogP contribution >= 0.6 is 22.9 Å². The lowest BCUT2D eigenvalue weighted by molar-refractivity contribution is -0.131. The quantitative estimate of drug-likeness (QED) is 0.692. The maximum atomic E-state index is 12.8. The first-order valence-electron chi connectivity index (χ1n) is 9.70. The molecule has 0 saturated carbocycles. The second-order valence-corrected chi connectivity index (χ2v) is 11.1. The largest absolute Gasteiger partial charge is 0.340 e. The second-order valence-electron chi connectivity index (χ2n) is 7.37. The molecule has 1 atom stereocenters. The SMILES string of the molecule is O=C(CN1CCN(c2ccc(Cl)cc2)C1=O)N1CCC(c2cccs2)S(=O)(=O)CC1. The van der Waals surface area contributed by atoms with E-state index in [0.717, 1.165) is 10.6 Å². The van der Waals surface area contributed by atoms with Crippen molar-refractivity contribution in [3.63, 3.8) is 0 Å². The molecule has 7 nitrogen and oxygen atoms in total. The van der Waals surface area contributed by atoms with E-state index >= 15 is 0 Å². The molecule has 2 saturated heterocycles. The molecule has 2 aliphatic heterocycles. The predicted molar refractivity (Wildman–Crippen MR) is 118 cm³/mol. The lowest BCUT2D eigenvalue weighted by Crippen LogP contribution is -2.43. The average molecular weight is 468 g/mol. The summed E-state index contributed by atoms with van der Waals surface area (Å²) in [6.07, 6.45) is 0.374. The van der Waals surface area contributed by atoms with Gasteiger partial charge in [-0.15, -0.1) is 11.3 Å². The number of anilines is 1. The minimum atomic E-state index is -3.32. The number of sulfone groups is 1. The van der Waals surface area contributed by atoms with E-state index < -0.39 is 15.1 Å². The van der Waals surface area contributed by atoms with E-state index in [0.29, 0.717) is 31.1 Å². The molecule has 2 aromatic rings. The number of benzene rings is 1. The lowest BCUT2D eigenvalue weighted by atomic mass is 10.2. The summed E-state index contributed by atoms with van der Waals surface area (Å²) in [6, 6.07) is 10.4. The molecular weight excluding hydrogens is 446 g/mol. The summed E-state index contributed by atoms with van der Waals surface area (Å²) in [5, 5.41) is 1.89. The van der Waals surface area contributed by atoms with Crippen molar-refractivity contribution in [3.8, 4) is 0 Å². The highest BCUT2D eigenvalue weighted by molar-refractivity contribution is 7.91. The molecule has 0 N–H and O–H groups in total. The van der Waals surface area contributed by atoms with Gasteiger partial charge in [0.25, 0.3) is 0 Å². The normalized spacial score (nSPS) is 21.7. The van der Waals surface area contributed by atoms with Gasteiger partial charge in [-0.1, -0.05) is 17.7 Å². The van der Waals surface area contributed by atoms with E-state index in [4.69, 9.17) is 11.6 Å². The number of nitrogens with zero attached hydrogens (tertiary/aromatic N) is 3. The van der Waals surface area contributed by atoms with E-state index in [-0.39, 0.29) is 30.8 Å². The van der Waals surface area contributed by atoms with Crippen molar-refractivity contribution in [2.24, 2.45) is 0 Å². The van der Waals surface area contributed by atoms with Crippen molar-refractivity contribution in [3.05, 3.63) is 51.7 Å². The lowest BCUT2D eigenvalue weighted by Gasteiger charge is -2.24. The van der Waals surface area contributed by atoms with Crippen LogP contribution in [0, 0.1) is 0 Å². The zero-order valence-electron chi connectivity index (χ0n) is 16.2. The Balaban J connectivity index is 1.39. The van der Waals surface area contributed by atoms with Crippen molar-refractivity contribution in [1.29, 1.82) is 0 Å². The Morgan fingerprint density at radius 1 is 1.10 bits per heavy atom. The van der Waals surface area contributed by atoms with Gasteiger partial charge in [0.2, 0.25) is 5.91 Å². The number of urea groups is 1. The van der Waals surface area contributed by atoms with Gasteiger partial charge in [0.05, 0.1) is 11.0 Å². The fourth-order valence-corrected chi connectivity index (χ4v) is 6.97. The Labute approximate surface area is 184 Å². The summed E-state index contributed by atoms with van der Waals surface area (Å²) in [6.45, 7) is 1.40. The van der Waals surface area contributed by atoms with Crippen molar-refractivity contribution < 1.29 is 18.0 Å². The van der Waals surface area contributed by atoms with Gasteiger partial charge in [0.15, 0.2) is 9.84 Å². The second kappa shape index (κ2) is 8.56. The number of rotatable bonds is 4. The molecule has 1 unspecified atom stereocenters. The number of amides is 3. The summed E-state index contributed by atoms with van der Waals surface area (Å²) < 4.78 is 25.4. The molecule has 2 aliphatic rings. The van der Waals surface area contributed by atoms with E-state index in [1.54, 1.807) is 34.1 Å². The maximum absolute atomic E-state index is 12.8. The zero-order chi connectivity index (χ0) is 21.3. The minimum Gasteiger partial charge on any atom is -0.340 e. The standard InChI is InChI=1S/C20H22ClN3O4S2/c21-15-3-5-16(6-4-15)24-10-9-23(20(24)26)14-19(25)22-8-7-18(17-2-1-12-29-17)30(27,28)13-11-22/h1-6,12,18H,7-11,13-14H2. The maximum Gasteiger partial charge on any atom is 0.325 e. The van der Waals surface area contributed by atoms with Crippen LogP contribution in [0.2, 0.25) is 5.02 Å². The molecule has 0 spiro atoms. The summed E-state index contributed by atoms with van der Waals surface area (Å²) >= 11 is 7.34. The average Bonchev–Trinajstić information content (AvgIpc) is 3.32. The first-order valence-corrected chi connectivity index (χ1v) is 12.7. The van der Waals surface area contributed by atoms with E-state index in [1.807, 2.05) is 17.5 Å². The summed E-state index contributed by atoms with van der Waals surface area (Å²) in [5.41, 5.74) is 0.735. The van der Waals surface area contributed by atoms with Gasteiger partial charge in [-0.25, -0.2) is 13.2 Å². The van der Waals surface area contributed by atoms with Crippen LogP contribution in [0.5, 0.6) is 0 Å². The molecule has 1 aromatic heterocycles. The van der Waals surface area contributed by atoms with Gasteiger partial charge < -0.3 is 9.80 Å². The topological polar surface area (TPSA) is 78.0 Å².